The average molecular weight is 211 g/mol. The molecule has 1 aromatic rings. The minimum atomic E-state index is 0.569. The molecular formula is C11H17NOS. The van der Waals surface area contributed by atoms with Crippen molar-refractivity contribution >= 4 is 11.3 Å². The van der Waals surface area contributed by atoms with E-state index in [-0.39, 0.29) is 0 Å². The van der Waals surface area contributed by atoms with E-state index < -0.39 is 0 Å². The third-order valence-corrected chi connectivity index (χ3v) is 3.73. The average Bonchev–Trinajstić information content (AvgIpc) is 2.87. The highest BCUT2D eigenvalue weighted by atomic mass is 32.1. The normalized spacial score (nSPS) is 23.9. The van der Waals surface area contributed by atoms with Gasteiger partial charge in [-0.15, -0.1) is 11.3 Å². The predicted octanol–water partition coefficient (Wildman–Crippen LogP) is 2.26. The number of thiophene rings is 1. The van der Waals surface area contributed by atoms with E-state index in [0.717, 1.165) is 19.8 Å². The summed E-state index contributed by atoms with van der Waals surface area (Å²) in [4.78, 5) is 1.41. The Labute approximate surface area is 89.3 Å². The van der Waals surface area contributed by atoms with Crippen LogP contribution in [0.4, 0.5) is 0 Å². The number of hydrogen-bond donors (Lipinski definition) is 1. The van der Waals surface area contributed by atoms with Gasteiger partial charge in [-0.05, 0) is 30.7 Å². The zero-order valence-electron chi connectivity index (χ0n) is 8.53. The van der Waals surface area contributed by atoms with Crippen LogP contribution in [0.15, 0.2) is 17.5 Å². The lowest BCUT2D eigenvalue weighted by atomic mass is 10.0. The maximum atomic E-state index is 5.38. The summed E-state index contributed by atoms with van der Waals surface area (Å²) in [6.07, 6.45) is 1.21. The van der Waals surface area contributed by atoms with Gasteiger partial charge < -0.3 is 10.1 Å². The van der Waals surface area contributed by atoms with Crippen molar-refractivity contribution in [3.63, 3.8) is 0 Å². The van der Waals surface area contributed by atoms with E-state index in [2.05, 4.69) is 29.8 Å². The van der Waals surface area contributed by atoms with Gasteiger partial charge in [-0.1, -0.05) is 6.07 Å². The minimum absolute atomic E-state index is 0.569. The molecule has 1 aromatic heterocycles. The first-order chi connectivity index (χ1) is 6.86. The largest absolute Gasteiger partial charge is 0.381 e. The first-order valence-electron chi connectivity index (χ1n) is 5.20. The number of hydrogen-bond acceptors (Lipinski definition) is 3. The summed E-state index contributed by atoms with van der Waals surface area (Å²) in [5, 5.41) is 5.68. The van der Waals surface area contributed by atoms with Gasteiger partial charge in [-0.3, -0.25) is 0 Å². The maximum Gasteiger partial charge on any atom is 0.0509 e. The molecule has 0 amide bonds. The molecule has 0 aromatic carbocycles. The highest BCUT2D eigenvalue weighted by Crippen LogP contribution is 2.17. The zero-order valence-corrected chi connectivity index (χ0v) is 9.35. The van der Waals surface area contributed by atoms with Gasteiger partial charge in [0, 0.05) is 24.1 Å². The summed E-state index contributed by atoms with van der Waals surface area (Å²) < 4.78 is 5.38. The van der Waals surface area contributed by atoms with Crippen LogP contribution >= 0.6 is 11.3 Å². The van der Waals surface area contributed by atoms with Crippen LogP contribution in [0.25, 0.3) is 0 Å². The summed E-state index contributed by atoms with van der Waals surface area (Å²) in [5.41, 5.74) is 0. The fourth-order valence-electron chi connectivity index (χ4n) is 1.79. The molecule has 78 valence electrons. The van der Waals surface area contributed by atoms with Crippen molar-refractivity contribution in [2.45, 2.75) is 25.9 Å². The van der Waals surface area contributed by atoms with E-state index in [9.17, 15) is 0 Å². The van der Waals surface area contributed by atoms with Crippen LogP contribution < -0.4 is 5.32 Å². The smallest absolute Gasteiger partial charge is 0.0509 e. The predicted molar refractivity (Wildman–Crippen MR) is 59.5 cm³/mol. The highest BCUT2D eigenvalue weighted by Gasteiger charge is 2.21. The standard InChI is InChI=1S/C11H17NOS/c1-9(10-4-5-13-8-10)12-7-11-3-2-6-14-11/h2-3,6,9-10,12H,4-5,7-8H2,1H3. The van der Waals surface area contributed by atoms with Crippen LogP contribution in [0, 0.1) is 5.92 Å². The molecule has 0 radical (unpaired) electrons. The Morgan fingerprint density at radius 1 is 1.71 bits per heavy atom. The van der Waals surface area contributed by atoms with Crippen molar-refractivity contribution < 1.29 is 4.74 Å². The van der Waals surface area contributed by atoms with Crippen LogP contribution in [0.5, 0.6) is 0 Å². The van der Waals surface area contributed by atoms with Gasteiger partial charge in [-0.2, -0.15) is 0 Å². The van der Waals surface area contributed by atoms with Gasteiger partial charge in [0.1, 0.15) is 0 Å². The molecule has 1 N–H and O–H groups in total. The first kappa shape index (κ1) is 10.1. The molecule has 2 nitrogen and oxygen atoms in total. The Hall–Kier alpha value is -0.380. The topological polar surface area (TPSA) is 21.3 Å². The third kappa shape index (κ3) is 2.56. The van der Waals surface area contributed by atoms with Crippen molar-refractivity contribution in [2.24, 2.45) is 5.92 Å². The van der Waals surface area contributed by atoms with E-state index in [4.69, 9.17) is 4.74 Å². The third-order valence-electron chi connectivity index (χ3n) is 2.85. The van der Waals surface area contributed by atoms with E-state index >= 15 is 0 Å². The summed E-state index contributed by atoms with van der Waals surface area (Å²) in [6, 6.07) is 4.85. The molecule has 1 aliphatic rings. The fraction of sp³-hybridized carbons (Fsp3) is 0.636. The molecule has 2 atom stereocenters. The van der Waals surface area contributed by atoms with E-state index in [0.29, 0.717) is 12.0 Å². The molecule has 2 unspecified atom stereocenters. The van der Waals surface area contributed by atoms with Gasteiger partial charge >= 0.3 is 0 Å². The Balaban J connectivity index is 1.74. The first-order valence-corrected chi connectivity index (χ1v) is 6.08. The van der Waals surface area contributed by atoms with Gasteiger partial charge in [0.25, 0.3) is 0 Å². The number of nitrogens with one attached hydrogen (secondary N) is 1. The molecule has 1 saturated heterocycles. The molecule has 0 saturated carbocycles. The van der Waals surface area contributed by atoms with E-state index in [1.165, 1.54) is 11.3 Å². The number of ether oxygens (including phenoxy) is 1. The Morgan fingerprint density at radius 2 is 2.64 bits per heavy atom. The minimum Gasteiger partial charge on any atom is -0.381 e. The van der Waals surface area contributed by atoms with Gasteiger partial charge in [-0.25, -0.2) is 0 Å². The molecule has 3 heteroatoms. The van der Waals surface area contributed by atoms with Crippen LogP contribution in [0.2, 0.25) is 0 Å². The van der Waals surface area contributed by atoms with Crippen molar-refractivity contribution in [3.8, 4) is 0 Å². The van der Waals surface area contributed by atoms with E-state index in [1.807, 2.05) is 11.3 Å². The molecule has 2 heterocycles. The molecule has 1 fully saturated rings. The lowest BCUT2D eigenvalue weighted by Crippen LogP contribution is -2.33. The van der Waals surface area contributed by atoms with Gasteiger partial charge in [0.05, 0.1) is 6.61 Å². The number of rotatable bonds is 4. The lowest BCUT2D eigenvalue weighted by molar-refractivity contribution is 0.178. The van der Waals surface area contributed by atoms with Crippen LogP contribution in [0.3, 0.4) is 0 Å². The Morgan fingerprint density at radius 3 is 3.29 bits per heavy atom. The second-order valence-electron chi connectivity index (χ2n) is 3.87. The second kappa shape index (κ2) is 4.91. The molecule has 0 bridgehead atoms. The molecule has 1 aliphatic heterocycles. The summed E-state index contributed by atoms with van der Waals surface area (Å²) in [6.45, 7) is 5.12. The van der Waals surface area contributed by atoms with Crippen molar-refractivity contribution in [1.82, 2.24) is 5.32 Å². The monoisotopic (exact) mass is 211 g/mol. The molecule has 0 spiro atoms. The van der Waals surface area contributed by atoms with Crippen LogP contribution in [-0.2, 0) is 11.3 Å². The molecule has 14 heavy (non-hydrogen) atoms. The highest BCUT2D eigenvalue weighted by molar-refractivity contribution is 7.09. The van der Waals surface area contributed by atoms with Gasteiger partial charge in [0.2, 0.25) is 0 Å². The molecular weight excluding hydrogens is 194 g/mol. The summed E-state index contributed by atoms with van der Waals surface area (Å²) in [7, 11) is 0. The van der Waals surface area contributed by atoms with Crippen molar-refractivity contribution in [3.05, 3.63) is 22.4 Å². The van der Waals surface area contributed by atoms with Crippen molar-refractivity contribution in [2.75, 3.05) is 13.2 Å². The van der Waals surface area contributed by atoms with Gasteiger partial charge in [0.15, 0.2) is 0 Å². The Kier molecular flexibility index (Phi) is 3.56. The Bertz CT molecular complexity index is 254. The molecule has 2 rings (SSSR count). The SMILES string of the molecule is CC(NCc1cccs1)C1CCOC1. The fourth-order valence-corrected chi connectivity index (χ4v) is 2.44. The summed E-state index contributed by atoms with van der Waals surface area (Å²) >= 11 is 1.81. The van der Waals surface area contributed by atoms with Crippen LogP contribution in [0.1, 0.15) is 18.2 Å². The zero-order chi connectivity index (χ0) is 9.80. The van der Waals surface area contributed by atoms with Crippen molar-refractivity contribution in [1.29, 1.82) is 0 Å². The van der Waals surface area contributed by atoms with E-state index in [1.54, 1.807) is 0 Å². The van der Waals surface area contributed by atoms with Crippen LogP contribution in [-0.4, -0.2) is 19.3 Å². The lowest BCUT2D eigenvalue weighted by Gasteiger charge is -2.18. The molecule has 0 aliphatic carbocycles. The summed E-state index contributed by atoms with van der Waals surface area (Å²) in [5.74, 6) is 0.704. The second-order valence-corrected chi connectivity index (χ2v) is 4.90. The maximum absolute atomic E-state index is 5.38. The quantitative estimate of drug-likeness (QED) is 0.825.